The lowest BCUT2D eigenvalue weighted by molar-refractivity contribution is -0.313. The number of hydrogen-bond donors (Lipinski definition) is 1. The van der Waals surface area contributed by atoms with Crippen molar-refractivity contribution in [2.75, 3.05) is 19.5 Å². The van der Waals surface area contributed by atoms with Crippen molar-refractivity contribution in [3.05, 3.63) is 30.4 Å². The van der Waals surface area contributed by atoms with Crippen LogP contribution in [0.15, 0.2) is 30.4 Å². The van der Waals surface area contributed by atoms with E-state index in [1.165, 1.54) is 14.2 Å². The molecule has 0 spiro atoms. The third-order valence-electron chi connectivity index (χ3n) is 4.14. The van der Waals surface area contributed by atoms with Gasteiger partial charge in [0.05, 0.1) is 38.0 Å². The van der Waals surface area contributed by atoms with Crippen LogP contribution in [0, 0.1) is 11.8 Å². The van der Waals surface area contributed by atoms with E-state index in [0.29, 0.717) is 17.2 Å². The van der Waals surface area contributed by atoms with Crippen LogP contribution in [-0.2, 0) is 14.3 Å². The zero-order valence-electron chi connectivity index (χ0n) is 12.6. The summed E-state index contributed by atoms with van der Waals surface area (Å²) in [7, 11) is 2.99. The molecule has 2 aliphatic heterocycles. The van der Waals surface area contributed by atoms with Gasteiger partial charge in [0.2, 0.25) is 5.91 Å². The number of fused-ring (bicyclic) bond motifs is 2. The highest BCUT2D eigenvalue weighted by Crippen LogP contribution is 2.40. The van der Waals surface area contributed by atoms with Gasteiger partial charge in [0, 0.05) is 18.0 Å². The van der Waals surface area contributed by atoms with E-state index in [-0.39, 0.29) is 0 Å². The first kappa shape index (κ1) is 15.4. The summed E-state index contributed by atoms with van der Waals surface area (Å²) in [5, 5.41) is 14.0. The number of rotatable bonds is 5. The minimum atomic E-state index is -1.29. The van der Waals surface area contributed by atoms with E-state index >= 15 is 0 Å². The Balaban J connectivity index is 1.82. The molecule has 23 heavy (non-hydrogen) atoms. The first-order valence-electron chi connectivity index (χ1n) is 7.12. The number of methoxy groups -OCH3 is 2. The Kier molecular flexibility index (Phi) is 3.96. The number of benzene rings is 1. The van der Waals surface area contributed by atoms with E-state index in [4.69, 9.17) is 14.2 Å². The molecule has 0 aromatic heterocycles. The van der Waals surface area contributed by atoms with Crippen LogP contribution in [0.5, 0.6) is 11.5 Å². The lowest BCUT2D eigenvalue weighted by atomic mass is 9.82. The molecule has 1 saturated heterocycles. The third-order valence-corrected chi connectivity index (χ3v) is 4.14. The van der Waals surface area contributed by atoms with E-state index in [2.05, 4.69) is 5.32 Å². The van der Waals surface area contributed by atoms with Crippen molar-refractivity contribution in [3.8, 4) is 11.5 Å². The van der Waals surface area contributed by atoms with Crippen molar-refractivity contribution >= 4 is 17.6 Å². The summed E-state index contributed by atoms with van der Waals surface area (Å²) >= 11 is 0. The van der Waals surface area contributed by atoms with Crippen molar-refractivity contribution in [2.45, 2.75) is 12.2 Å². The zero-order chi connectivity index (χ0) is 16.6. The van der Waals surface area contributed by atoms with Crippen molar-refractivity contribution in [3.63, 3.8) is 0 Å². The highest BCUT2D eigenvalue weighted by atomic mass is 16.5. The lowest BCUT2D eigenvalue weighted by Gasteiger charge is -2.25. The first-order valence-corrected chi connectivity index (χ1v) is 7.12. The van der Waals surface area contributed by atoms with Gasteiger partial charge in [-0.15, -0.1) is 0 Å². The van der Waals surface area contributed by atoms with Gasteiger partial charge in [-0.25, -0.2) is 0 Å². The summed E-state index contributed by atoms with van der Waals surface area (Å²) in [6.07, 6.45) is 2.20. The van der Waals surface area contributed by atoms with Crippen molar-refractivity contribution in [1.29, 1.82) is 0 Å². The molecule has 4 atom stereocenters. The van der Waals surface area contributed by atoms with Crippen LogP contribution in [0.25, 0.3) is 0 Å². The van der Waals surface area contributed by atoms with Gasteiger partial charge < -0.3 is 29.4 Å². The largest absolute Gasteiger partial charge is 0.550 e. The predicted molar refractivity (Wildman–Crippen MR) is 78.0 cm³/mol. The molecule has 7 heteroatoms. The van der Waals surface area contributed by atoms with Gasteiger partial charge in [-0.1, -0.05) is 12.2 Å². The quantitative estimate of drug-likeness (QED) is 0.765. The molecule has 0 unspecified atom stereocenters. The fraction of sp³-hybridized carbons (Fsp3) is 0.375. The molecule has 1 aromatic rings. The molecule has 1 amide bonds. The number of ether oxygens (including phenoxy) is 3. The van der Waals surface area contributed by atoms with Gasteiger partial charge in [-0.3, -0.25) is 4.79 Å². The zero-order valence-corrected chi connectivity index (χ0v) is 12.6. The molecule has 0 radical (unpaired) electrons. The molecular weight excluding hydrogens is 302 g/mol. The number of hydrogen-bond acceptors (Lipinski definition) is 6. The third kappa shape index (κ3) is 2.63. The molecule has 2 heterocycles. The summed E-state index contributed by atoms with van der Waals surface area (Å²) in [5.41, 5.74) is 0.433. The minimum absolute atomic E-state index is 0.419. The Morgan fingerprint density at radius 2 is 1.83 bits per heavy atom. The highest BCUT2D eigenvalue weighted by Gasteiger charge is 2.50. The second-order valence-electron chi connectivity index (χ2n) is 5.38. The molecule has 2 bridgehead atoms. The molecule has 1 aromatic carbocycles. The molecule has 1 fully saturated rings. The average Bonchev–Trinajstić information content (AvgIpc) is 3.16. The van der Waals surface area contributed by atoms with Crippen LogP contribution in [0.2, 0.25) is 0 Å². The molecule has 3 rings (SSSR count). The summed E-state index contributed by atoms with van der Waals surface area (Å²) in [5.74, 6) is -2.56. The van der Waals surface area contributed by atoms with Crippen LogP contribution in [0.3, 0.4) is 0 Å². The Bertz CT molecular complexity index is 671. The van der Waals surface area contributed by atoms with Gasteiger partial charge in [-0.05, 0) is 12.1 Å². The summed E-state index contributed by atoms with van der Waals surface area (Å²) in [4.78, 5) is 23.9. The number of amides is 1. The normalized spacial score (nSPS) is 27.7. The second kappa shape index (κ2) is 5.92. The van der Waals surface area contributed by atoms with Crippen molar-refractivity contribution in [2.24, 2.45) is 11.8 Å². The molecule has 122 valence electrons. The van der Waals surface area contributed by atoms with Crippen LogP contribution in [0.1, 0.15) is 0 Å². The summed E-state index contributed by atoms with van der Waals surface area (Å²) in [6, 6.07) is 4.93. The number of anilines is 1. The van der Waals surface area contributed by atoms with E-state index in [1.54, 1.807) is 30.4 Å². The van der Waals surface area contributed by atoms with Crippen LogP contribution >= 0.6 is 0 Å². The Hall–Kier alpha value is -2.54. The maximum atomic E-state index is 12.5. The van der Waals surface area contributed by atoms with E-state index in [1.807, 2.05) is 0 Å². The number of aliphatic carboxylic acids is 1. The Labute approximate surface area is 132 Å². The molecule has 7 nitrogen and oxygen atoms in total. The van der Waals surface area contributed by atoms with Gasteiger partial charge in [0.15, 0.2) is 0 Å². The Morgan fingerprint density at radius 3 is 2.43 bits per heavy atom. The van der Waals surface area contributed by atoms with Gasteiger partial charge in [0.25, 0.3) is 0 Å². The first-order chi connectivity index (χ1) is 11.0. The van der Waals surface area contributed by atoms with Gasteiger partial charge in [0.1, 0.15) is 11.5 Å². The monoisotopic (exact) mass is 318 g/mol. The molecule has 0 aliphatic carbocycles. The van der Waals surface area contributed by atoms with E-state index < -0.39 is 35.9 Å². The van der Waals surface area contributed by atoms with Crippen molar-refractivity contribution < 1.29 is 28.9 Å². The van der Waals surface area contributed by atoms with Crippen molar-refractivity contribution in [1.82, 2.24) is 0 Å². The SMILES string of the molecule is COc1ccc(NC(=O)[C@@H]2[C@@H](C(=O)[O-])[C@@H]3C=C[C@H]2O3)c(OC)c1. The topological polar surface area (TPSA) is 96.9 Å². The maximum absolute atomic E-state index is 12.5. The molecule has 1 N–H and O–H groups in total. The molecule has 0 saturated carbocycles. The van der Waals surface area contributed by atoms with Gasteiger partial charge in [-0.2, -0.15) is 0 Å². The Morgan fingerprint density at radius 1 is 1.13 bits per heavy atom. The molecule has 2 aliphatic rings. The predicted octanol–water partition coefficient (Wildman–Crippen LogP) is -0.0382. The van der Waals surface area contributed by atoms with Gasteiger partial charge >= 0.3 is 0 Å². The fourth-order valence-corrected chi connectivity index (χ4v) is 3.02. The van der Waals surface area contributed by atoms with E-state index in [0.717, 1.165) is 0 Å². The standard InChI is InChI=1S/C16H17NO6/c1-21-8-3-4-9(12(7-8)22-2)17-15(18)13-10-5-6-11(23-10)14(13)16(19)20/h3-7,10-11,13-14H,1-2H3,(H,17,18)(H,19,20)/p-1/t10-,11+,13+,14+/m1/s1. The molecular formula is C16H16NO6-. The van der Waals surface area contributed by atoms with E-state index in [9.17, 15) is 14.7 Å². The maximum Gasteiger partial charge on any atom is 0.231 e. The number of carbonyl (C=O) groups is 2. The minimum Gasteiger partial charge on any atom is -0.550 e. The second-order valence-corrected chi connectivity index (χ2v) is 5.38. The summed E-state index contributed by atoms with van der Waals surface area (Å²) in [6.45, 7) is 0. The number of nitrogens with one attached hydrogen (secondary N) is 1. The average molecular weight is 318 g/mol. The van der Waals surface area contributed by atoms with Crippen LogP contribution in [-0.4, -0.2) is 38.3 Å². The lowest BCUT2D eigenvalue weighted by Crippen LogP contribution is -2.45. The number of carboxylic acids is 1. The number of carboxylic acid groups (broad SMARTS) is 1. The summed E-state index contributed by atoms with van der Waals surface area (Å²) < 4.78 is 15.8. The fourth-order valence-electron chi connectivity index (χ4n) is 3.02. The highest BCUT2D eigenvalue weighted by molar-refractivity contribution is 5.97. The smallest absolute Gasteiger partial charge is 0.231 e. The van der Waals surface area contributed by atoms with Crippen LogP contribution < -0.4 is 19.9 Å². The van der Waals surface area contributed by atoms with Crippen LogP contribution in [0.4, 0.5) is 5.69 Å². The number of carbonyl (C=O) groups excluding carboxylic acids is 2.